The number of nitrogens with zero attached hydrogens (tertiary/aromatic N) is 3. The molecule has 0 spiro atoms. The normalized spacial score (nSPS) is 10.2. The third kappa shape index (κ3) is 2.51. The Kier molecular flexibility index (Phi) is 3.05. The van der Waals surface area contributed by atoms with Crippen LogP contribution in [0, 0.1) is 10.1 Å². The van der Waals surface area contributed by atoms with E-state index >= 15 is 0 Å². The summed E-state index contributed by atoms with van der Waals surface area (Å²) in [5.74, 6) is -1.20. The van der Waals surface area contributed by atoms with Crippen molar-refractivity contribution in [3.63, 3.8) is 0 Å². The van der Waals surface area contributed by atoms with Gasteiger partial charge in [-0.15, -0.1) is 0 Å². The first-order valence-electron chi connectivity index (χ1n) is 5.04. The lowest BCUT2D eigenvalue weighted by atomic mass is 10.1. The average molecular weight is 247 g/mol. The summed E-state index contributed by atoms with van der Waals surface area (Å²) in [7, 11) is 0. The fourth-order valence-electron chi connectivity index (χ4n) is 1.49. The highest BCUT2D eigenvalue weighted by molar-refractivity contribution is 5.87. The van der Waals surface area contributed by atoms with Crippen LogP contribution in [0.2, 0.25) is 0 Å². The van der Waals surface area contributed by atoms with E-state index in [1.807, 2.05) is 0 Å². The summed E-state index contributed by atoms with van der Waals surface area (Å²) in [6, 6.07) is 6.30. The zero-order valence-corrected chi connectivity index (χ0v) is 9.18. The SMILES string of the molecule is O=C(O)c1ccc(Cn2cnc([N+](=O)[O-])c2)cc1. The zero-order chi connectivity index (χ0) is 13.1. The van der Waals surface area contributed by atoms with E-state index in [1.54, 1.807) is 16.7 Å². The van der Waals surface area contributed by atoms with Crippen molar-refractivity contribution in [1.29, 1.82) is 0 Å². The van der Waals surface area contributed by atoms with Crippen molar-refractivity contribution < 1.29 is 14.8 Å². The van der Waals surface area contributed by atoms with Crippen LogP contribution in [0.1, 0.15) is 15.9 Å². The van der Waals surface area contributed by atoms with Crippen LogP contribution in [0.4, 0.5) is 5.82 Å². The van der Waals surface area contributed by atoms with Gasteiger partial charge in [0.05, 0.1) is 12.1 Å². The fraction of sp³-hybridized carbons (Fsp3) is 0.0909. The second-order valence-electron chi connectivity index (χ2n) is 3.66. The monoisotopic (exact) mass is 247 g/mol. The van der Waals surface area contributed by atoms with Crippen molar-refractivity contribution >= 4 is 11.8 Å². The molecule has 0 saturated carbocycles. The van der Waals surface area contributed by atoms with Crippen LogP contribution in [0.25, 0.3) is 0 Å². The second-order valence-corrected chi connectivity index (χ2v) is 3.66. The number of hydrogen-bond donors (Lipinski definition) is 1. The third-order valence-corrected chi connectivity index (χ3v) is 2.37. The van der Waals surface area contributed by atoms with E-state index in [9.17, 15) is 14.9 Å². The van der Waals surface area contributed by atoms with E-state index < -0.39 is 10.9 Å². The summed E-state index contributed by atoms with van der Waals surface area (Å²) in [5.41, 5.74) is 1.04. The van der Waals surface area contributed by atoms with E-state index in [0.717, 1.165) is 5.56 Å². The minimum Gasteiger partial charge on any atom is -0.478 e. The highest BCUT2D eigenvalue weighted by Crippen LogP contribution is 2.10. The van der Waals surface area contributed by atoms with Gasteiger partial charge < -0.3 is 19.8 Å². The summed E-state index contributed by atoms with van der Waals surface area (Å²) >= 11 is 0. The molecule has 7 heteroatoms. The topological polar surface area (TPSA) is 98.3 Å². The molecule has 0 amide bonds. The van der Waals surface area contributed by atoms with Gasteiger partial charge in [-0.05, 0) is 27.6 Å². The molecule has 1 N–H and O–H groups in total. The summed E-state index contributed by atoms with van der Waals surface area (Å²) in [6.45, 7) is 0.404. The molecule has 1 aromatic heterocycles. The van der Waals surface area contributed by atoms with E-state index in [-0.39, 0.29) is 11.4 Å². The number of carboxylic acids is 1. The van der Waals surface area contributed by atoms with E-state index in [1.165, 1.54) is 24.7 Å². The van der Waals surface area contributed by atoms with Gasteiger partial charge in [-0.25, -0.2) is 4.79 Å². The molecule has 0 saturated heterocycles. The molecule has 0 radical (unpaired) electrons. The van der Waals surface area contributed by atoms with Gasteiger partial charge in [0.2, 0.25) is 6.33 Å². The number of aromatic nitrogens is 2. The van der Waals surface area contributed by atoms with Gasteiger partial charge in [0, 0.05) is 0 Å². The molecule has 0 aliphatic carbocycles. The Labute approximate surface area is 101 Å². The molecule has 0 atom stereocenters. The molecule has 1 aromatic carbocycles. The standard InChI is InChI=1S/C11H9N3O4/c15-11(16)9-3-1-8(2-4-9)5-13-6-10(12-7-13)14(17)18/h1-4,6-7H,5H2,(H,15,16). The molecular formula is C11H9N3O4. The Morgan fingerprint density at radius 1 is 1.39 bits per heavy atom. The number of rotatable bonds is 4. The number of imidazole rings is 1. The van der Waals surface area contributed by atoms with Crippen LogP contribution in [-0.4, -0.2) is 25.6 Å². The smallest absolute Gasteiger partial charge is 0.381 e. The Balaban J connectivity index is 2.13. The fourth-order valence-corrected chi connectivity index (χ4v) is 1.49. The molecule has 0 bridgehead atoms. The lowest BCUT2D eigenvalue weighted by molar-refractivity contribution is -0.389. The first kappa shape index (κ1) is 11.8. The van der Waals surface area contributed by atoms with Crippen LogP contribution in [-0.2, 0) is 6.54 Å². The summed E-state index contributed by atoms with van der Waals surface area (Å²) in [6.07, 6.45) is 2.69. The molecule has 0 fully saturated rings. The lowest BCUT2D eigenvalue weighted by Crippen LogP contribution is -1.99. The molecule has 18 heavy (non-hydrogen) atoms. The highest BCUT2D eigenvalue weighted by atomic mass is 16.6. The molecule has 7 nitrogen and oxygen atoms in total. The number of hydrogen-bond acceptors (Lipinski definition) is 4. The maximum atomic E-state index is 10.7. The first-order valence-corrected chi connectivity index (χ1v) is 5.04. The molecule has 0 aliphatic rings. The van der Waals surface area contributed by atoms with Gasteiger partial charge in [-0.2, -0.15) is 0 Å². The molecule has 0 unspecified atom stereocenters. The first-order chi connectivity index (χ1) is 8.56. The van der Waals surface area contributed by atoms with Crippen molar-refractivity contribution in [2.45, 2.75) is 6.54 Å². The number of aromatic carboxylic acids is 1. The number of nitro groups is 1. The quantitative estimate of drug-likeness (QED) is 0.652. The summed E-state index contributed by atoms with van der Waals surface area (Å²) < 4.78 is 1.56. The number of carbonyl (C=O) groups is 1. The molecule has 2 aromatic rings. The molecule has 92 valence electrons. The van der Waals surface area contributed by atoms with Crippen LogP contribution < -0.4 is 0 Å². The predicted molar refractivity (Wildman–Crippen MR) is 61.4 cm³/mol. The maximum absolute atomic E-state index is 10.7. The summed E-state index contributed by atoms with van der Waals surface area (Å²) in [4.78, 5) is 24.2. The number of benzene rings is 1. The predicted octanol–water partition coefficient (Wildman–Crippen LogP) is 1.54. The Hall–Kier alpha value is -2.70. The van der Waals surface area contributed by atoms with Crippen molar-refractivity contribution in [3.05, 3.63) is 58.0 Å². The molecule has 0 aliphatic heterocycles. The Bertz CT molecular complexity index is 589. The largest absolute Gasteiger partial charge is 0.478 e. The average Bonchev–Trinajstić information content (AvgIpc) is 2.78. The highest BCUT2D eigenvalue weighted by Gasteiger charge is 2.10. The van der Waals surface area contributed by atoms with Crippen molar-refractivity contribution in [2.75, 3.05) is 0 Å². The van der Waals surface area contributed by atoms with Crippen molar-refractivity contribution in [3.8, 4) is 0 Å². The molecular weight excluding hydrogens is 238 g/mol. The van der Waals surface area contributed by atoms with Crippen LogP contribution in [0.5, 0.6) is 0 Å². The molecule has 1 heterocycles. The second kappa shape index (κ2) is 4.66. The van der Waals surface area contributed by atoms with Gasteiger partial charge in [0.25, 0.3) is 0 Å². The van der Waals surface area contributed by atoms with Gasteiger partial charge >= 0.3 is 11.8 Å². The third-order valence-electron chi connectivity index (χ3n) is 2.37. The van der Waals surface area contributed by atoms with Crippen LogP contribution >= 0.6 is 0 Å². The Morgan fingerprint density at radius 2 is 2.06 bits per heavy atom. The van der Waals surface area contributed by atoms with E-state index in [2.05, 4.69) is 4.98 Å². The molecule has 2 rings (SSSR count). The maximum Gasteiger partial charge on any atom is 0.381 e. The lowest BCUT2D eigenvalue weighted by Gasteiger charge is -2.01. The Morgan fingerprint density at radius 3 is 2.56 bits per heavy atom. The van der Waals surface area contributed by atoms with Gasteiger partial charge in [0.15, 0.2) is 0 Å². The zero-order valence-electron chi connectivity index (χ0n) is 9.18. The van der Waals surface area contributed by atoms with E-state index in [0.29, 0.717) is 6.54 Å². The minimum absolute atomic E-state index is 0.204. The minimum atomic E-state index is -0.986. The van der Waals surface area contributed by atoms with Gasteiger partial charge in [-0.3, -0.25) is 0 Å². The number of carboxylic acid groups (broad SMARTS) is 1. The van der Waals surface area contributed by atoms with Gasteiger partial charge in [0.1, 0.15) is 6.20 Å². The van der Waals surface area contributed by atoms with Crippen molar-refractivity contribution in [2.24, 2.45) is 0 Å². The van der Waals surface area contributed by atoms with Gasteiger partial charge in [-0.1, -0.05) is 12.1 Å². The summed E-state index contributed by atoms with van der Waals surface area (Å²) in [5, 5.41) is 19.2. The van der Waals surface area contributed by atoms with Crippen LogP contribution in [0.15, 0.2) is 36.8 Å². The van der Waals surface area contributed by atoms with E-state index in [4.69, 9.17) is 5.11 Å². The van der Waals surface area contributed by atoms with Crippen LogP contribution in [0.3, 0.4) is 0 Å². The van der Waals surface area contributed by atoms with Crippen molar-refractivity contribution in [1.82, 2.24) is 9.55 Å².